The largest absolute Gasteiger partial charge is 0.478 e. The molecule has 0 amide bonds. The van der Waals surface area contributed by atoms with Crippen LogP contribution in [0.2, 0.25) is 0 Å². The highest BCUT2D eigenvalue weighted by molar-refractivity contribution is 9.10. The van der Waals surface area contributed by atoms with E-state index in [1.165, 1.54) is 6.07 Å². The van der Waals surface area contributed by atoms with E-state index < -0.39 is 15.8 Å². The topological polar surface area (TPSA) is 74.7 Å². The van der Waals surface area contributed by atoms with Crippen LogP contribution in [0.15, 0.2) is 22.7 Å². The zero-order valence-electron chi connectivity index (χ0n) is 10.3. The summed E-state index contributed by atoms with van der Waals surface area (Å²) in [4.78, 5) is 13.1. The van der Waals surface area contributed by atoms with Gasteiger partial charge in [0.1, 0.15) is 0 Å². The molecule has 1 aliphatic rings. The van der Waals surface area contributed by atoms with Gasteiger partial charge in [0.05, 0.1) is 22.8 Å². The van der Waals surface area contributed by atoms with E-state index in [9.17, 15) is 18.3 Å². The maximum absolute atomic E-state index is 11.6. The molecule has 0 aromatic heterocycles. The predicted molar refractivity (Wildman–Crippen MR) is 76.6 cm³/mol. The number of rotatable bonds is 2. The average Bonchev–Trinajstić information content (AvgIpc) is 2.28. The Hall–Kier alpha value is -1.08. The predicted octanol–water partition coefficient (Wildman–Crippen LogP) is 1.77. The molecule has 104 valence electrons. The second kappa shape index (κ2) is 5.13. The monoisotopic (exact) mass is 347 g/mol. The molecule has 2 rings (SSSR count). The normalized spacial score (nSPS) is 22.2. The second-order valence-electron chi connectivity index (χ2n) is 4.62. The van der Waals surface area contributed by atoms with E-state index in [2.05, 4.69) is 15.9 Å². The number of anilines is 1. The van der Waals surface area contributed by atoms with Gasteiger partial charge in [0.2, 0.25) is 0 Å². The Kier molecular flexibility index (Phi) is 3.87. The van der Waals surface area contributed by atoms with Gasteiger partial charge in [-0.15, -0.1) is 0 Å². The smallest absolute Gasteiger partial charge is 0.337 e. The van der Waals surface area contributed by atoms with Gasteiger partial charge < -0.3 is 10.0 Å². The molecule has 1 aliphatic heterocycles. The molecule has 5 nitrogen and oxygen atoms in total. The maximum Gasteiger partial charge on any atom is 0.337 e. The summed E-state index contributed by atoms with van der Waals surface area (Å²) in [5.41, 5.74) is 0.749. The van der Waals surface area contributed by atoms with Crippen LogP contribution in [0.4, 0.5) is 5.69 Å². The number of carboxylic acids is 1. The molecule has 1 saturated heterocycles. The van der Waals surface area contributed by atoms with Crippen molar-refractivity contribution in [2.75, 3.05) is 23.0 Å². The van der Waals surface area contributed by atoms with Gasteiger partial charge in [-0.1, -0.05) is 15.9 Å². The third-order valence-electron chi connectivity index (χ3n) is 3.17. The lowest BCUT2D eigenvalue weighted by Crippen LogP contribution is -2.47. The summed E-state index contributed by atoms with van der Waals surface area (Å²) < 4.78 is 23.8. The Morgan fingerprint density at radius 3 is 2.74 bits per heavy atom. The molecule has 0 aliphatic carbocycles. The lowest BCUT2D eigenvalue weighted by atomic mass is 10.1. The van der Waals surface area contributed by atoms with Gasteiger partial charge in [-0.3, -0.25) is 0 Å². The van der Waals surface area contributed by atoms with Crippen molar-refractivity contribution in [3.05, 3.63) is 28.2 Å². The molecule has 0 radical (unpaired) electrons. The van der Waals surface area contributed by atoms with Crippen LogP contribution in [-0.4, -0.2) is 43.6 Å². The van der Waals surface area contributed by atoms with Crippen molar-refractivity contribution < 1.29 is 18.3 Å². The zero-order chi connectivity index (χ0) is 14.2. The number of hydrogen-bond acceptors (Lipinski definition) is 4. The first kappa shape index (κ1) is 14.3. The van der Waals surface area contributed by atoms with Crippen LogP contribution >= 0.6 is 15.9 Å². The van der Waals surface area contributed by atoms with Gasteiger partial charge in [0, 0.05) is 17.1 Å². The molecule has 0 bridgehead atoms. The highest BCUT2D eigenvalue weighted by Gasteiger charge is 2.30. The maximum atomic E-state index is 11.6. The Morgan fingerprint density at radius 1 is 1.47 bits per heavy atom. The molecule has 1 heterocycles. The molecule has 1 unspecified atom stereocenters. The van der Waals surface area contributed by atoms with Gasteiger partial charge in [-0.25, -0.2) is 13.2 Å². The minimum atomic E-state index is -3.01. The SMILES string of the molecule is CC1CS(=O)(=O)CCN1c1ccc(Br)cc1C(=O)O. The van der Waals surface area contributed by atoms with E-state index in [1.807, 2.05) is 4.90 Å². The van der Waals surface area contributed by atoms with Gasteiger partial charge in [0.15, 0.2) is 9.84 Å². The molecule has 1 atom stereocenters. The van der Waals surface area contributed by atoms with E-state index in [0.29, 0.717) is 16.7 Å². The van der Waals surface area contributed by atoms with Gasteiger partial charge in [-0.2, -0.15) is 0 Å². The highest BCUT2D eigenvalue weighted by atomic mass is 79.9. The van der Waals surface area contributed by atoms with Gasteiger partial charge in [-0.05, 0) is 25.1 Å². The Labute approximate surface area is 120 Å². The highest BCUT2D eigenvalue weighted by Crippen LogP contribution is 2.28. The second-order valence-corrected chi connectivity index (χ2v) is 7.77. The van der Waals surface area contributed by atoms with Gasteiger partial charge in [0.25, 0.3) is 0 Å². The number of hydrogen-bond donors (Lipinski definition) is 1. The van der Waals surface area contributed by atoms with Crippen molar-refractivity contribution in [3.8, 4) is 0 Å². The standard InChI is InChI=1S/C12H14BrNO4S/c1-8-7-19(17,18)5-4-14(8)11-3-2-9(13)6-10(11)12(15)16/h2-3,6,8H,4-5,7H2,1H3,(H,15,16). The quantitative estimate of drug-likeness (QED) is 0.882. The number of sulfone groups is 1. The van der Waals surface area contributed by atoms with E-state index in [4.69, 9.17) is 0 Å². The van der Waals surface area contributed by atoms with Crippen molar-refractivity contribution >= 4 is 37.4 Å². The van der Waals surface area contributed by atoms with Crippen molar-refractivity contribution in [3.63, 3.8) is 0 Å². The minimum absolute atomic E-state index is 0.0577. The summed E-state index contributed by atoms with van der Waals surface area (Å²) in [5.74, 6) is -0.897. The van der Waals surface area contributed by atoms with Crippen LogP contribution in [0.1, 0.15) is 17.3 Å². The van der Waals surface area contributed by atoms with Crippen molar-refractivity contribution in [2.24, 2.45) is 0 Å². The average molecular weight is 348 g/mol. The number of halogens is 1. The third kappa shape index (κ3) is 3.09. The number of benzene rings is 1. The van der Waals surface area contributed by atoms with Crippen molar-refractivity contribution in [2.45, 2.75) is 13.0 Å². The summed E-state index contributed by atoms with van der Waals surface area (Å²) in [6.07, 6.45) is 0. The van der Waals surface area contributed by atoms with Crippen LogP contribution in [-0.2, 0) is 9.84 Å². The fourth-order valence-corrected chi connectivity index (χ4v) is 4.20. The van der Waals surface area contributed by atoms with E-state index in [1.54, 1.807) is 19.1 Å². The zero-order valence-corrected chi connectivity index (χ0v) is 12.7. The summed E-state index contributed by atoms with van der Waals surface area (Å²) in [6, 6.07) is 4.78. The molecule has 19 heavy (non-hydrogen) atoms. The van der Waals surface area contributed by atoms with Crippen LogP contribution in [0.25, 0.3) is 0 Å². The van der Waals surface area contributed by atoms with Crippen molar-refractivity contribution in [1.82, 2.24) is 0 Å². The number of nitrogens with zero attached hydrogens (tertiary/aromatic N) is 1. The van der Waals surface area contributed by atoms with Crippen LogP contribution < -0.4 is 4.90 Å². The molecule has 1 aromatic rings. The summed E-state index contributed by atoms with van der Waals surface area (Å²) >= 11 is 3.24. The molecule has 0 spiro atoms. The van der Waals surface area contributed by atoms with Crippen LogP contribution in [0.5, 0.6) is 0 Å². The van der Waals surface area contributed by atoms with Crippen LogP contribution in [0, 0.1) is 0 Å². The number of carbonyl (C=O) groups is 1. The third-order valence-corrected chi connectivity index (χ3v) is 5.46. The van der Waals surface area contributed by atoms with Gasteiger partial charge >= 0.3 is 5.97 Å². The van der Waals surface area contributed by atoms with Crippen molar-refractivity contribution in [1.29, 1.82) is 0 Å². The van der Waals surface area contributed by atoms with E-state index in [-0.39, 0.29) is 23.1 Å². The molecule has 7 heteroatoms. The number of aromatic carboxylic acids is 1. The Bertz CT molecular complexity index is 614. The Morgan fingerprint density at radius 2 is 2.16 bits per heavy atom. The van der Waals surface area contributed by atoms with E-state index in [0.717, 1.165) is 0 Å². The fraction of sp³-hybridized carbons (Fsp3) is 0.417. The first-order chi connectivity index (χ1) is 8.80. The fourth-order valence-electron chi connectivity index (χ4n) is 2.29. The minimum Gasteiger partial charge on any atom is -0.478 e. The molecule has 1 aromatic carbocycles. The molecule has 1 fully saturated rings. The number of carboxylic acid groups (broad SMARTS) is 1. The van der Waals surface area contributed by atoms with Crippen LogP contribution in [0.3, 0.4) is 0 Å². The molecule has 0 saturated carbocycles. The molecular weight excluding hydrogens is 334 g/mol. The lowest BCUT2D eigenvalue weighted by Gasteiger charge is -2.35. The summed E-state index contributed by atoms with van der Waals surface area (Å²) in [5, 5.41) is 9.24. The van der Waals surface area contributed by atoms with E-state index >= 15 is 0 Å². The molecular formula is C12H14BrNO4S. The molecule has 1 N–H and O–H groups in total. The first-order valence-corrected chi connectivity index (χ1v) is 8.41. The summed E-state index contributed by atoms with van der Waals surface area (Å²) in [7, 11) is -3.01. The Balaban J connectivity index is 2.40. The summed E-state index contributed by atoms with van der Waals surface area (Å²) in [6.45, 7) is 2.12. The lowest BCUT2D eigenvalue weighted by molar-refractivity contribution is 0.0697. The first-order valence-electron chi connectivity index (χ1n) is 5.80.